The van der Waals surface area contributed by atoms with Crippen molar-refractivity contribution in [3.8, 4) is 5.88 Å². The lowest BCUT2D eigenvalue weighted by Gasteiger charge is -2.22. The number of rotatable bonds is 5. The van der Waals surface area contributed by atoms with Gasteiger partial charge in [0.15, 0.2) is 5.82 Å². The van der Waals surface area contributed by atoms with Crippen molar-refractivity contribution in [1.29, 1.82) is 0 Å². The predicted molar refractivity (Wildman–Crippen MR) is 71.6 cm³/mol. The van der Waals surface area contributed by atoms with Gasteiger partial charge in [-0.15, -0.1) is 0 Å². The van der Waals surface area contributed by atoms with Gasteiger partial charge in [-0.2, -0.15) is 0 Å². The third-order valence-electron chi connectivity index (χ3n) is 3.93. The summed E-state index contributed by atoms with van der Waals surface area (Å²) < 4.78 is 20.0. The Morgan fingerprint density at radius 3 is 2.74 bits per heavy atom. The van der Waals surface area contributed by atoms with Crippen molar-refractivity contribution in [2.24, 2.45) is 0 Å². The normalized spacial score (nSPS) is 20.5. The molecule has 1 aromatic rings. The Hall–Kier alpha value is -1.16. The Balaban J connectivity index is 1.64. The Morgan fingerprint density at radius 1 is 1.21 bits per heavy atom. The molecule has 0 aromatic carbocycles. The molecule has 3 rings (SSSR count). The summed E-state index contributed by atoms with van der Waals surface area (Å²) in [6.07, 6.45) is 9.85. The average molecular weight is 264 g/mol. The zero-order valence-electron chi connectivity index (χ0n) is 11.2. The van der Waals surface area contributed by atoms with E-state index in [2.05, 4.69) is 10.3 Å². The van der Waals surface area contributed by atoms with Gasteiger partial charge < -0.3 is 10.1 Å². The van der Waals surface area contributed by atoms with Gasteiger partial charge >= 0.3 is 0 Å². The highest BCUT2D eigenvalue weighted by Gasteiger charge is 2.22. The zero-order valence-corrected chi connectivity index (χ0v) is 11.2. The van der Waals surface area contributed by atoms with Crippen LogP contribution in [0, 0.1) is 5.82 Å². The van der Waals surface area contributed by atoms with Gasteiger partial charge in [0, 0.05) is 24.3 Å². The smallest absolute Gasteiger partial charge is 0.250 e. The fourth-order valence-electron chi connectivity index (χ4n) is 2.56. The van der Waals surface area contributed by atoms with Crippen LogP contribution in [0.15, 0.2) is 12.3 Å². The van der Waals surface area contributed by atoms with Gasteiger partial charge in [-0.1, -0.05) is 6.42 Å². The van der Waals surface area contributed by atoms with Crippen LogP contribution in [-0.4, -0.2) is 17.1 Å². The third kappa shape index (κ3) is 3.44. The number of halogens is 1. The quantitative estimate of drug-likeness (QED) is 0.887. The SMILES string of the molecule is Fc1c(CNC2CC2)ccnc1OC1CCCCC1. The molecule has 2 fully saturated rings. The number of ether oxygens (including phenoxy) is 1. The number of hydrogen-bond acceptors (Lipinski definition) is 3. The van der Waals surface area contributed by atoms with E-state index in [0.29, 0.717) is 18.2 Å². The monoisotopic (exact) mass is 264 g/mol. The van der Waals surface area contributed by atoms with Crippen LogP contribution >= 0.6 is 0 Å². The van der Waals surface area contributed by atoms with Crippen molar-refractivity contribution in [1.82, 2.24) is 10.3 Å². The van der Waals surface area contributed by atoms with E-state index in [1.54, 1.807) is 12.3 Å². The van der Waals surface area contributed by atoms with Crippen LogP contribution in [0.5, 0.6) is 5.88 Å². The first kappa shape index (κ1) is 12.9. The number of hydrogen-bond donors (Lipinski definition) is 1. The second-order valence-corrected chi connectivity index (χ2v) is 5.62. The second-order valence-electron chi connectivity index (χ2n) is 5.62. The maximum absolute atomic E-state index is 14.3. The van der Waals surface area contributed by atoms with E-state index in [1.165, 1.54) is 32.1 Å². The molecule has 1 aromatic heterocycles. The lowest BCUT2D eigenvalue weighted by atomic mass is 9.98. The van der Waals surface area contributed by atoms with Crippen LogP contribution in [0.25, 0.3) is 0 Å². The Bertz CT molecular complexity index is 428. The Morgan fingerprint density at radius 2 is 2.00 bits per heavy atom. The molecule has 2 aliphatic rings. The summed E-state index contributed by atoms with van der Waals surface area (Å²) in [5, 5.41) is 3.32. The van der Waals surface area contributed by atoms with E-state index in [0.717, 1.165) is 12.8 Å². The Kier molecular flexibility index (Phi) is 3.97. The Labute approximate surface area is 113 Å². The van der Waals surface area contributed by atoms with E-state index >= 15 is 0 Å². The van der Waals surface area contributed by atoms with Crippen molar-refractivity contribution in [3.05, 3.63) is 23.6 Å². The minimum atomic E-state index is -0.291. The van der Waals surface area contributed by atoms with Crippen LogP contribution in [0.1, 0.15) is 50.5 Å². The second kappa shape index (κ2) is 5.87. The van der Waals surface area contributed by atoms with Crippen LogP contribution in [0.2, 0.25) is 0 Å². The lowest BCUT2D eigenvalue weighted by Crippen LogP contribution is -2.22. The molecule has 1 N–H and O–H groups in total. The topological polar surface area (TPSA) is 34.2 Å². The van der Waals surface area contributed by atoms with Gasteiger partial charge in [-0.25, -0.2) is 9.37 Å². The highest BCUT2D eigenvalue weighted by atomic mass is 19.1. The van der Waals surface area contributed by atoms with Gasteiger partial charge in [0.1, 0.15) is 6.10 Å². The van der Waals surface area contributed by atoms with Crippen molar-refractivity contribution < 1.29 is 9.13 Å². The van der Waals surface area contributed by atoms with Gasteiger partial charge in [-0.05, 0) is 44.6 Å². The largest absolute Gasteiger partial charge is 0.472 e. The first-order chi connectivity index (χ1) is 9.33. The number of aromatic nitrogens is 1. The summed E-state index contributed by atoms with van der Waals surface area (Å²) in [6, 6.07) is 2.31. The van der Waals surface area contributed by atoms with E-state index in [9.17, 15) is 4.39 Å². The van der Waals surface area contributed by atoms with E-state index in [-0.39, 0.29) is 17.8 Å². The van der Waals surface area contributed by atoms with Crippen LogP contribution in [0.4, 0.5) is 4.39 Å². The molecule has 0 aliphatic heterocycles. The van der Waals surface area contributed by atoms with Gasteiger partial charge in [0.05, 0.1) is 0 Å². The summed E-state index contributed by atoms with van der Waals surface area (Å²) in [5.74, 6) is -0.108. The van der Waals surface area contributed by atoms with Gasteiger partial charge in [0.25, 0.3) is 5.88 Å². The highest BCUT2D eigenvalue weighted by Crippen LogP contribution is 2.26. The summed E-state index contributed by atoms with van der Waals surface area (Å²) in [4.78, 5) is 4.05. The molecule has 0 bridgehead atoms. The molecule has 0 radical (unpaired) electrons. The van der Waals surface area contributed by atoms with Crippen LogP contribution in [-0.2, 0) is 6.54 Å². The summed E-state index contributed by atoms with van der Waals surface area (Å²) in [5.41, 5.74) is 0.660. The maximum Gasteiger partial charge on any atom is 0.250 e. The third-order valence-corrected chi connectivity index (χ3v) is 3.93. The molecular weight excluding hydrogens is 243 g/mol. The summed E-state index contributed by atoms with van der Waals surface area (Å²) in [7, 11) is 0. The molecule has 1 heterocycles. The molecule has 0 amide bonds. The molecular formula is C15H21FN2O. The first-order valence-corrected chi connectivity index (χ1v) is 7.36. The highest BCUT2D eigenvalue weighted by molar-refractivity contribution is 5.24. The molecule has 2 saturated carbocycles. The molecule has 2 aliphatic carbocycles. The van der Waals surface area contributed by atoms with Crippen molar-refractivity contribution >= 4 is 0 Å². The maximum atomic E-state index is 14.3. The van der Waals surface area contributed by atoms with Crippen molar-refractivity contribution in [2.75, 3.05) is 0 Å². The molecule has 3 nitrogen and oxygen atoms in total. The molecule has 0 unspecified atom stereocenters. The molecule has 0 spiro atoms. The van der Waals surface area contributed by atoms with E-state index in [4.69, 9.17) is 4.74 Å². The summed E-state index contributed by atoms with van der Waals surface area (Å²) in [6.45, 7) is 0.569. The standard InChI is InChI=1S/C15H21FN2O/c16-14-11(10-18-12-6-7-12)8-9-17-15(14)19-13-4-2-1-3-5-13/h8-9,12-13,18H,1-7,10H2. The van der Waals surface area contributed by atoms with Gasteiger partial charge in [-0.3, -0.25) is 0 Å². The minimum absolute atomic E-state index is 0.141. The zero-order chi connectivity index (χ0) is 13.1. The lowest BCUT2D eigenvalue weighted by molar-refractivity contribution is 0.141. The molecule has 0 atom stereocenters. The summed E-state index contributed by atoms with van der Waals surface area (Å²) >= 11 is 0. The fraction of sp³-hybridized carbons (Fsp3) is 0.667. The molecule has 104 valence electrons. The average Bonchev–Trinajstić information content (AvgIpc) is 3.25. The van der Waals surface area contributed by atoms with Crippen molar-refractivity contribution in [2.45, 2.75) is 63.6 Å². The molecule has 19 heavy (non-hydrogen) atoms. The number of nitrogens with zero attached hydrogens (tertiary/aromatic N) is 1. The van der Waals surface area contributed by atoms with E-state index in [1.807, 2.05) is 0 Å². The van der Waals surface area contributed by atoms with Crippen LogP contribution in [0.3, 0.4) is 0 Å². The van der Waals surface area contributed by atoms with Crippen molar-refractivity contribution in [3.63, 3.8) is 0 Å². The van der Waals surface area contributed by atoms with E-state index < -0.39 is 0 Å². The van der Waals surface area contributed by atoms with Crippen LogP contribution < -0.4 is 10.1 Å². The molecule has 4 heteroatoms. The van der Waals surface area contributed by atoms with Gasteiger partial charge in [0.2, 0.25) is 0 Å². The predicted octanol–water partition coefficient (Wildman–Crippen LogP) is 3.18. The number of pyridine rings is 1. The fourth-order valence-corrected chi connectivity index (χ4v) is 2.56. The first-order valence-electron chi connectivity index (χ1n) is 7.36. The number of nitrogens with one attached hydrogen (secondary N) is 1. The minimum Gasteiger partial charge on any atom is -0.472 e. The molecule has 0 saturated heterocycles.